The van der Waals surface area contributed by atoms with Gasteiger partial charge in [0.05, 0.1) is 0 Å². The zero-order valence-corrected chi connectivity index (χ0v) is 42.0. The first kappa shape index (κ1) is 104. The summed E-state index contributed by atoms with van der Waals surface area (Å²) >= 11 is 0. The third-order valence-electron chi connectivity index (χ3n) is 0. The molecule has 0 aromatic heterocycles. The number of hydrogen-bond acceptors (Lipinski definition) is 0. The van der Waals surface area contributed by atoms with Crippen LogP contribution < -0.4 is 0 Å². The van der Waals surface area contributed by atoms with Gasteiger partial charge in [0, 0.05) is 414 Å². The fraction of sp³-hybridized carbons (Fsp3) is 0. The van der Waals surface area contributed by atoms with E-state index in [4.69, 9.17) is 0 Å². The smallest absolute Gasteiger partial charge is 0 e. The molecule has 0 saturated heterocycles. The molecule has 14 heteroatoms. The molecule has 0 N–H and O–H groups in total. The van der Waals surface area contributed by atoms with E-state index < -0.39 is 0 Å². The molecule has 14 valence electrons. The Morgan fingerprint density at radius 1 is 0.0714 bits per heavy atom. The van der Waals surface area contributed by atoms with E-state index in [1.165, 1.54) is 0 Å². The molecule has 14 heavy (non-hydrogen) atoms. The van der Waals surface area contributed by atoms with E-state index in [1.54, 1.807) is 0 Å². The second-order valence-corrected chi connectivity index (χ2v) is 0. The molecule has 0 fully saturated rings. The van der Waals surface area contributed by atoms with E-state index in [9.17, 15) is 0 Å². The zero-order valence-electron chi connectivity index (χ0n) is 14.0. The van der Waals surface area contributed by atoms with Crippen molar-refractivity contribution < 1.29 is 0 Å². The second kappa shape index (κ2) is 93.1. The molecule has 0 aliphatic rings. The van der Waals surface area contributed by atoms with Gasteiger partial charge in [-0.15, -0.1) is 0 Å². The summed E-state index contributed by atoms with van der Waals surface area (Å²) in [5, 5.41) is 0. The van der Waals surface area contributed by atoms with Crippen molar-refractivity contribution in [2.45, 2.75) is 0 Å². The third kappa shape index (κ3) is 82.9. The van der Waals surface area contributed by atoms with Crippen LogP contribution in [-0.4, -0.2) is 414 Å². The molecule has 14 radical (unpaired) electrons. The maximum absolute atomic E-state index is 0. The molecule has 0 atom stereocenters. The van der Waals surface area contributed by atoms with E-state index in [1.807, 2.05) is 0 Å². The predicted octanol–water partition coefficient (Wildman–Crippen LogP) is -5.33. The van der Waals surface area contributed by atoms with Crippen molar-refractivity contribution in [3.63, 3.8) is 0 Å². The predicted molar refractivity (Wildman–Crippen MR) is 80.6 cm³/mol. The second-order valence-electron chi connectivity index (χ2n) is 0. The Balaban J connectivity index is 0. The van der Waals surface area contributed by atoms with Crippen LogP contribution in [0.25, 0.3) is 0 Å². The third-order valence-corrected chi connectivity index (χ3v) is 0. The van der Waals surface area contributed by atoms with E-state index in [-0.39, 0.29) is 414 Å². The summed E-state index contributed by atoms with van der Waals surface area (Å²) in [7, 11) is 0. The van der Waals surface area contributed by atoms with Gasteiger partial charge in [-0.2, -0.15) is 0 Å². The molecule has 0 aliphatic heterocycles. The summed E-state index contributed by atoms with van der Waals surface area (Å²) in [5.41, 5.74) is 0. The maximum Gasteiger partial charge on any atom is 0 e. The van der Waals surface area contributed by atoms with Gasteiger partial charge in [0.1, 0.15) is 0 Å². The molecule has 0 unspecified atom stereocenters. The minimum absolute atomic E-state index is 0. The molecule has 0 bridgehead atoms. The van der Waals surface area contributed by atoms with Gasteiger partial charge in [0.15, 0.2) is 0 Å². The Bertz CT molecular complexity index is 0. The van der Waals surface area contributed by atoms with Crippen molar-refractivity contribution >= 4 is 414 Å². The fourth-order valence-electron chi connectivity index (χ4n) is 0. The maximum atomic E-state index is 0. The minimum Gasteiger partial charge on any atom is 0 e. The quantitative estimate of drug-likeness (QED) is 0.391. The van der Waals surface area contributed by atoms with Gasteiger partial charge in [0.2, 0.25) is 0 Å². The summed E-state index contributed by atoms with van der Waals surface area (Å²) in [6, 6.07) is 0. The van der Waals surface area contributed by atoms with Crippen LogP contribution in [0.15, 0.2) is 0 Å². The Hall–Kier alpha value is 14.0. The van der Waals surface area contributed by atoms with E-state index in [0.29, 0.717) is 0 Å². The summed E-state index contributed by atoms with van der Waals surface area (Å²) in [6.07, 6.45) is 0. The van der Waals surface area contributed by atoms with Gasteiger partial charge in [-0.25, -0.2) is 0 Å². The van der Waals surface area contributed by atoms with Crippen LogP contribution in [-0.2, 0) is 0 Å². The SMILES string of the molecule is [Na].[Na].[Na].[Na].[Na].[Na].[Na].[Na].[Na].[Na].[Na].[Na].[Na].[Na]. The summed E-state index contributed by atoms with van der Waals surface area (Å²) in [6.45, 7) is 0. The Labute approximate surface area is 399 Å². The molecule has 0 aromatic rings. The van der Waals surface area contributed by atoms with E-state index in [0.717, 1.165) is 0 Å². The van der Waals surface area contributed by atoms with Gasteiger partial charge in [-0.1, -0.05) is 0 Å². The molecule has 0 heterocycles. The topological polar surface area (TPSA) is 0 Å². The Morgan fingerprint density at radius 3 is 0.0714 bits per heavy atom. The largest absolute Gasteiger partial charge is 0 e. The minimum atomic E-state index is 0. The molecule has 0 aliphatic carbocycles. The van der Waals surface area contributed by atoms with Gasteiger partial charge in [0.25, 0.3) is 0 Å². The number of hydrogen-bond donors (Lipinski definition) is 0. The van der Waals surface area contributed by atoms with E-state index in [2.05, 4.69) is 0 Å². The van der Waals surface area contributed by atoms with Gasteiger partial charge >= 0.3 is 0 Å². The van der Waals surface area contributed by atoms with Crippen LogP contribution in [0.2, 0.25) is 0 Å². The monoisotopic (exact) mass is 322 g/mol. The number of rotatable bonds is 0. The molecular formula is Na14. The standard InChI is InChI=1S/14Na. The molecule has 0 amide bonds. The first-order chi connectivity index (χ1) is 0. The molecule has 0 nitrogen and oxygen atoms in total. The van der Waals surface area contributed by atoms with Crippen LogP contribution in [0.3, 0.4) is 0 Å². The average molecular weight is 322 g/mol. The van der Waals surface area contributed by atoms with Crippen molar-refractivity contribution in [1.29, 1.82) is 0 Å². The molecule has 0 saturated carbocycles. The molecule has 0 spiro atoms. The van der Waals surface area contributed by atoms with Crippen LogP contribution in [0.5, 0.6) is 0 Å². The molecule has 0 rings (SSSR count). The molecule has 0 aromatic carbocycles. The first-order valence-electron chi connectivity index (χ1n) is 0. The van der Waals surface area contributed by atoms with Crippen LogP contribution in [0.4, 0.5) is 0 Å². The van der Waals surface area contributed by atoms with Crippen molar-refractivity contribution in [1.82, 2.24) is 0 Å². The van der Waals surface area contributed by atoms with Crippen molar-refractivity contribution in [2.24, 2.45) is 0 Å². The summed E-state index contributed by atoms with van der Waals surface area (Å²) < 4.78 is 0. The van der Waals surface area contributed by atoms with Crippen LogP contribution in [0, 0.1) is 0 Å². The normalized spacial score (nSPS) is 0. The fourth-order valence-corrected chi connectivity index (χ4v) is 0. The summed E-state index contributed by atoms with van der Waals surface area (Å²) in [5.74, 6) is 0. The van der Waals surface area contributed by atoms with Crippen LogP contribution in [0.1, 0.15) is 0 Å². The van der Waals surface area contributed by atoms with E-state index >= 15 is 0 Å². The zero-order chi connectivity index (χ0) is 0. The van der Waals surface area contributed by atoms with Crippen molar-refractivity contribution in [2.75, 3.05) is 0 Å². The van der Waals surface area contributed by atoms with Gasteiger partial charge in [-0.3, -0.25) is 0 Å². The Kier molecular flexibility index (Phi) is 693. The van der Waals surface area contributed by atoms with Crippen LogP contribution >= 0.6 is 0 Å². The molecular weight excluding hydrogens is 322 g/mol. The van der Waals surface area contributed by atoms with Crippen molar-refractivity contribution in [3.8, 4) is 0 Å². The van der Waals surface area contributed by atoms with Crippen molar-refractivity contribution in [3.05, 3.63) is 0 Å². The Morgan fingerprint density at radius 2 is 0.0714 bits per heavy atom. The first-order valence-corrected chi connectivity index (χ1v) is 0. The summed E-state index contributed by atoms with van der Waals surface area (Å²) in [4.78, 5) is 0. The van der Waals surface area contributed by atoms with Gasteiger partial charge < -0.3 is 0 Å². The van der Waals surface area contributed by atoms with Gasteiger partial charge in [-0.05, 0) is 0 Å². The average Bonchev–Trinajstić information content (AvgIpc) is 0.